The molecular formula is C11H12Cl3NO3S. The fourth-order valence-electron chi connectivity index (χ4n) is 1.38. The molecule has 0 bridgehead atoms. The van der Waals surface area contributed by atoms with Crippen molar-refractivity contribution in [1.29, 1.82) is 0 Å². The summed E-state index contributed by atoms with van der Waals surface area (Å²) in [7, 11) is 1.18. The van der Waals surface area contributed by atoms with Gasteiger partial charge in [0.15, 0.2) is 0 Å². The number of nitrogens with one attached hydrogen (secondary N) is 1. The van der Waals surface area contributed by atoms with Crippen LogP contribution in [-0.2, 0) is 9.05 Å². The molecule has 0 saturated heterocycles. The van der Waals surface area contributed by atoms with Gasteiger partial charge < -0.3 is 5.32 Å². The first-order valence-corrected chi connectivity index (χ1v) is 8.55. The Morgan fingerprint density at radius 1 is 1.32 bits per heavy atom. The first-order valence-electron chi connectivity index (χ1n) is 5.49. The predicted octanol–water partition coefficient (Wildman–Crippen LogP) is 3.45. The molecule has 4 nitrogen and oxygen atoms in total. The van der Waals surface area contributed by atoms with E-state index in [1.165, 1.54) is 6.07 Å². The van der Waals surface area contributed by atoms with Crippen molar-refractivity contribution in [3.63, 3.8) is 0 Å². The average molecular weight is 345 g/mol. The summed E-state index contributed by atoms with van der Waals surface area (Å²) in [6.45, 7) is 2.46. The number of carbonyl (C=O) groups excluding carboxylic acids is 1. The molecule has 1 aromatic rings. The number of hydrogen-bond donors (Lipinski definition) is 1. The number of benzene rings is 1. The molecular weight excluding hydrogens is 333 g/mol. The van der Waals surface area contributed by atoms with Crippen LogP contribution in [0.5, 0.6) is 0 Å². The molecule has 0 heterocycles. The maximum Gasteiger partial charge on any atom is 0.262 e. The number of carbonyl (C=O) groups is 1. The van der Waals surface area contributed by atoms with Gasteiger partial charge in [-0.25, -0.2) is 8.42 Å². The van der Waals surface area contributed by atoms with Crippen molar-refractivity contribution in [2.24, 2.45) is 0 Å². The molecule has 19 heavy (non-hydrogen) atoms. The fourth-order valence-corrected chi connectivity index (χ4v) is 3.24. The third-order valence-electron chi connectivity index (χ3n) is 2.33. The molecule has 0 saturated carbocycles. The minimum Gasteiger partial charge on any atom is -0.352 e. The molecule has 0 unspecified atom stereocenters. The van der Waals surface area contributed by atoms with Crippen molar-refractivity contribution < 1.29 is 13.2 Å². The quantitative estimate of drug-likeness (QED) is 0.657. The zero-order valence-corrected chi connectivity index (χ0v) is 13.1. The largest absolute Gasteiger partial charge is 0.352 e. The van der Waals surface area contributed by atoms with Gasteiger partial charge in [-0.05, 0) is 18.6 Å². The van der Waals surface area contributed by atoms with Gasteiger partial charge in [0.2, 0.25) is 0 Å². The van der Waals surface area contributed by atoms with Crippen LogP contribution in [0.3, 0.4) is 0 Å². The Labute approximate surface area is 126 Å². The first-order chi connectivity index (χ1) is 8.77. The highest BCUT2D eigenvalue weighted by atomic mass is 35.7. The summed E-state index contributed by atoms with van der Waals surface area (Å²) in [6.07, 6.45) is 1.73. The van der Waals surface area contributed by atoms with Gasteiger partial charge >= 0.3 is 0 Å². The van der Waals surface area contributed by atoms with E-state index >= 15 is 0 Å². The predicted molar refractivity (Wildman–Crippen MR) is 76.7 cm³/mol. The Bertz CT molecular complexity index is 587. The van der Waals surface area contributed by atoms with Crippen LogP contribution in [0.15, 0.2) is 17.0 Å². The molecule has 1 aromatic carbocycles. The van der Waals surface area contributed by atoms with Crippen molar-refractivity contribution >= 4 is 48.8 Å². The second-order valence-electron chi connectivity index (χ2n) is 3.81. The lowest BCUT2D eigenvalue weighted by Gasteiger charge is -2.09. The Morgan fingerprint density at radius 2 is 1.95 bits per heavy atom. The van der Waals surface area contributed by atoms with E-state index in [4.69, 9.17) is 33.9 Å². The number of rotatable bonds is 5. The summed E-state index contributed by atoms with van der Waals surface area (Å²) >= 11 is 11.7. The molecule has 1 N–H and O–H groups in total. The molecule has 1 rings (SSSR count). The maximum absolute atomic E-state index is 11.9. The van der Waals surface area contributed by atoms with Crippen LogP contribution in [0, 0.1) is 0 Å². The van der Waals surface area contributed by atoms with Crippen LogP contribution < -0.4 is 5.32 Å². The SMILES string of the molecule is CCCCNC(=O)c1cc(Cl)cc(S(=O)(=O)Cl)c1Cl. The summed E-state index contributed by atoms with van der Waals surface area (Å²) in [5.74, 6) is -0.484. The molecule has 1 amide bonds. The lowest BCUT2D eigenvalue weighted by atomic mass is 10.2. The van der Waals surface area contributed by atoms with E-state index in [1.807, 2.05) is 6.92 Å². The summed E-state index contributed by atoms with van der Waals surface area (Å²) in [5, 5.41) is 2.47. The molecule has 106 valence electrons. The summed E-state index contributed by atoms with van der Waals surface area (Å²) < 4.78 is 22.7. The van der Waals surface area contributed by atoms with Gasteiger partial charge in [-0.3, -0.25) is 4.79 Å². The average Bonchev–Trinajstić information content (AvgIpc) is 2.30. The Kier molecular flexibility index (Phi) is 5.92. The monoisotopic (exact) mass is 343 g/mol. The molecule has 0 aliphatic heterocycles. The Hall–Kier alpha value is -0.490. The number of hydrogen-bond acceptors (Lipinski definition) is 3. The van der Waals surface area contributed by atoms with E-state index in [0.29, 0.717) is 6.54 Å². The third kappa shape index (κ3) is 4.53. The van der Waals surface area contributed by atoms with E-state index in [9.17, 15) is 13.2 Å². The van der Waals surface area contributed by atoms with E-state index in [-0.39, 0.29) is 20.5 Å². The van der Waals surface area contributed by atoms with Gasteiger partial charge in [-0.2, -0.15) is 0 Å². The lowest BCUT2D eigenvalue weighted by molar-refractivity contribution is 0.0953. The van der Waals surface area contributed by atoms with Crippen LogP contribution in [0.2, 0.25) is 10.0 Å². The van der Waals surface area contributed by atoms with Crippen molar-refractivity contribution in [2.45, 2.75) is 24.7 Å². The molecule has 0 radical (unpaired) electrons. The van der Waals surface area contributed by atoms with Crippen molar-refractivity contribution in [3.8, 4) is 0 Å². The smallest absolute Gasteiger partial charge is 0.262 e. The minimum absolute atomic E-state index is 0.00973. The van der Waals surface area contributed by atoms with Gasteiger partial charge in [0.25, 0.3) is 15.0 Å². The van der Waals surface area contributed by atoms with Crippen LogP contribution in [0.25, 0.3) is 0 Å². The highest BCUT2D eigenvalue weighted by molar-refractivity contribution is 8.13. The number of amides is 1. The lowest BCUT2D eigenvalue weighted by Crippen LogP contribution is -2.25. The Morgan fingerprint density at radius 3 is 2.47 bits per heavy atom. The van der Waals surface area contributed by atoms with E-state index in [0.717, 1.165) is 18.9 Å². The third-order valence-corrected chi connectivity index (χ3v) is 4.41. The van der Waals surface area contributed by atoms with Gasteiger partial charge in [-0.15, -0.1) is 0 Å². The molecule has 0 aromatic heterocycles. The normalized spacial score (nSPS) is 11.4. The molecule has 0 aliphatic carbocycles. The van der Waals surface area contributed by atoms with Crippen LogP contribution in [0.4, 0.5) is 0 Å². The van der Waals surface area contributed by atoms with Crippen LogP contribution in [0.1, 0.15) is 30.1 Å². The van der Waals surface area contributed by atoms with Crippen LogP contribution >= 0.6 is 33.9 Å². The molecule has 0 aliphatic rings. The zero-order valence-electron chi connectivity index (χ0n) is 10.0. The van der Waals surface area contributed by atoms with Gasteiger partial charge in [0.05, 0.1) is 10.6 Å². The topological polar surface area (TPSA) is 63.2 Å². The highest BCUT2D eigenvalue weighted by Gasteiger charge is 2.22. The van der Waals surface area contributed by atoms with Crippen LogP contribution in [-0.4, -0.2) is 20.9 Å². The molecule has 0 atom stereocenters. The van der Waals surface area contributed by atoms with E-state index in [1.54, 1.807) is 0 Å². The standard InChI is InChI=1S/C11H12Cl3NO3S/c1-2-3-4-15-11(16)8-5-7(12)6-9(10(8)13)19(14,17)18/h5-6H,2-4H2,1H3,(H,15,16). The molecule has 0 spiro atoms. The zero-order chi connectivity index (χ0) is 14.6. The summed E-state index contributed by atoms with van der Waals surface area (Å²) in [5.41, 5.74) is -0.00973. The number of halogens is 3. The Balaban J connectivity index is 3.15. The highest BCUT2D eigenvalue weighted by Crippen LogP contribution is 2.31. The summed E-state index contributed by atoms with van der Waals surface area (Å²) in [4.78, 5) is 11.5. The van der Waals surface area contributed by atoms with E-state index in [2.05, 4.69) is 5.32 Å². The van der Waals surface area contributed by atoms with Crippen molar-refractivity contribution in [2.75, 3.05) is 6.54 Å². The van der Waals surface area contributed by atoms with Gasteiger partial charge in [0, 0.05) is 22.2 Å². The number of unbranched alkanes of at least 4 members (excludes halogenated alkanes) is 1. The molecule has 8 heteroatoms. The minimum atomic E-state index is -4.06. The molecule has 0 fully saturated rings. The van der Waals surface area contributed by atoms with Gasteiger partial charge in [-0.1, -0.05) is 36.5 Å². The van der Waals surface area contributed by atoms with Crippen molar-refractivity contribution in [3.05, 3.63) is 27.7 Å². The second-order valence-corrected chi connectivity index (χ2v) is 7.16. The second kappa shape index (κ2) is 6.79. The summed E-state index contributed by atoms with van der Waals surface area (Å²) in [6, 6.07) is 2.41. The van der Waals surface area contributed by atoms with Crippen molar-refractivity contribution in [1.82, 2.24) is 5.32 Å². The maximum atomic E-state index is 11.9. The fraction of sp³-hybridized carbons (Fsp3) is 0.364. The first kappa shape index (κ1) is 16.6. The van der Waals surface area contributed by atoms with Gasteiger partial charge in [0.1, 0.15) is 4.90 Å². The van der Waals surface area contributed by atoms with E-state index < -0.39 is 15.0 Å².